The highest BCUT2D eigenvalue weighted by Crippen LogP contribution is 2.22. The van der Waals surface area contributed by atoms with Crippen molar-refractivity contribution < 1.29 is 19.4 Å². The number of primary amides is 1. The summed E-state index contributed by atoms with van der Waals surface area (Å²) in [4.78, 5) is 22.2. The molecule has 0 atom stereocenters. The number of ether oxygens (including phenoxy) is 1. The lowest BCUT2D eigenvalue weighted by Crippen LogP contribution is -2.22. The number of aromatic carboxylic acids is 1. The van der Waals surface area contributed by atoms with Crippen molar-refractivity contribution in [3.63, 3.8) is 0 Å². The summed E-state index contributed by atoms with van der Waals surface area (Å²) in [6, 6.07) is 5.57. The summed E-state index contributed by atoms with van der Waals surface area (Å²) in [5, 5.41) is 16.3. The topological polar surface area (TPSA) is 120 Å². The van der Waals surface area contributed by atoms with Gasteiger partial charge in [0, 0.05) is 0 Å². The van der Waals surface area contributed by atoms with Gasteiger partial charge in [-0.3, -0.25) is 4.79 Å². The fraction of sp³-hybridized carbons (Fsp3) is 0.286. The van der Waals surface area contributed by atoms with Crippen molar-refractivity contribution in [2.24, 2.45) is 5.73 Å². The molecule has 1 amide bonds. The number of amides is 1. The molecular formula is C14H16N4O4. The van der Waals surface area contributed by atoms with E-state index < -0.39 is 11.9 Å². The van der Waals surface area contributed by atoms with E-state index in [1.54, 1.807) is 6.07 Å². The Bertz CT molecular complexity index is 724. The van der Waals surface area contributed by atoms with Crippen LogP contribution in [0.25, 0.3) is 0 Å². The molecule has 1 aromatic carbocycles. The Balaban J connectivity index is 2.27. The summed E-state index contributed by atoms with van der Waals surface area (Å²) in [5.74, 6) is -1.26. The highest BCUT2D eigenvalue weighted by Gasteiger charge is 2.20. The van der Waals surface area contributed by atoms with Gasteiger partial charge in [0.2, 0.25) is 5.91 Å². The maximum Gasteiger partial charge on any atom is 0.358 e. The highest BCUT2D eigenvalue weighted by molar-refractivity contribution is 5.86. The molecule has 1 heterocycles. The smallest absolute Gasteiger partial charge is 0.358 e. The first-order valence-electron chi connectivity index (χ1n) is 6.53. The van der Waals surface area contributed by atoms with Crippen molar-refractivity contribution in [2.45, 2.75) is 27.0 Å². The number of carbonyl (C=O) groups is 2. The minimum atomic E-state index is -1.24. The summed E-state index contributed by atoms with van der Waals surface area (Å²) < 4.78 is 6.79. The molecule has 2 aromatic rings. The van der Waals surface area contributed by atoms with Gasteiger partial charge in [-0.15, -0.1) is 5.10 Å². The quantitative estimate of drug-likeness (QED) is 0.808. The van der Waals surface area contributed by atoms with Gasteiger partial charge in [-0.2, -0.15) is 0 Å². The van der Waals surface area contributed by atoms with Crippen LogP contribution in [0.1, 0.15) is 27.3 Å². The summed E-state index contributed by atoms with van der Waals surface area (Å²) in [5.41, 5.74) is 7.05. The number of carboxylic acids is 1. The van der Waals surface area contributed by atoms with E-state index in [0.717, 1.165) is 15.8 Å². The number of carboxylic acid groups (broad SMARTS) is 1. The van der Waals surface area contributed by atoms with Crippen LogP contribution in [0, 0.1) is 13.8 Å². The van der Waals surface area contributed by atoms with Crippen LogP contribution in [-0.4, -0.2) is 32.0 Å². The van der Waals surface area contributed by atoms with E-state index in [-0.39, 0.29) is 24.5 Å². The van der Waals surface area contributed by atoms with Crippen LogP contribution in [0.15, 0.2) is 18.2 Å². The van der Waals surface area contributed by atoms with E-state index in [0.29, 0.717) is 5.75 Å². The zero-order chi connectivity index (χ0) is 16.3. The average Bonchev–Trinajstić information content (AvgIpc) is 2.83. The lowest BCUT2D eigenvalue weighted by molar-refractivity contribution is -0.118. The predicted molar refractivity (Wildman–Crippen MR) is 76.4 cm³/mol. The van der Waals surface area contributed by atoms with E-state index in [2.05, 4.69) is 10.3 Å². The number of hydrogen-bond donors (Lipinski definition) is 2. The fourth-order valence-corrected chi connectivity index (χ4v) is 1.94. The standard InChI is InChI=1S/C14H16N4O4/c1-8-4-3-5-11(9(8)2)22-7-10-13(14(20)21)16-17-18(10)6-12(15)19/h3-5H,6-7H2,1-2H3,(H2,15,19)(H,20,21). The molecule has 0 unspecified atom stereocenters. The van der Waals surface area contributed by atoms with Crippen molar-refractivity contribution in [1.29, 1.82) is 0 Å². The van der Waals surface area contributed by atoms with Crippen molar-refractivity contribution >= 4 is 11.9 Å². The molecular weight excluding hydrogens is 288 g/mol. The second-order valence-electron chi connectivity index (χ2n) is 4.80. The van der Waals surface area contributed by atoms with Crippen molar-refractivity contribution in [3.8, 4) is 5.75 Å². The Kier molecular flexibility index (Phi) is 4.40. The number of rotatable bonds is 6. The van der Waals surface area contributed by atoms with Gasteiger partial charge in [0.05, 0.1) is 0 Å². The molecule has 0 bridgehead atoms. The van der Waals surface area contributed by atoms with Gasteiger partial charge in [0.1, 0.15) is 24.6 Å². The number of aromatic nitrogens is 3. The molecule has 8 heteroatoms. The fourth-order valence-electron chi connectivity index (χ4n) is 1.94. The third kappa shape index (κ3) is 3.22. The Morgan fingerprint density at radius 3 is 2.73 bits per heavy atom. The average molecular weight is 304 g/mol. The molecule has 0 aliphatic rings. The van der Waals surface area contributed by atoms with Crippen molar-refractivity contribution in [1.82, 2.24) is 15.0 Å². The molecule has 0 aliphatic carbocycles. The third-order valence-corrected chi connectivity index (χ3v) is 3.27. The van der Waals surface area contributed by atoms with E-state index in [4.69, 9.17) is 15.6 Å². The molecule has 3 N–H and O–H groups in total. The second kappa shape index (κ2) is 6.25. The van der Waals surface area contributed by atoms with Crippen LogP contribution >= 0.6 is 0 Å². The third-order valence-electron chi connectivity index (χ3n) is 3.27. The normalized spacial score (nSPS) is 10.5. The molecule has 0 fully saturated rings. The van der Waals surface area contributed by atoms with Crippen molar-refractivity contribution in [3.05, 3.63) is 40.7 Å². The lowest BCUT2D eigenvalue weighted by Gasteiger charge is -2.11. The molecule has 0 spiro atoms. The summed E-state index contributed by atoms with van der Waals surface area (Å²) in [6.07, 6.45) is 0. The number of nitrogens with zero attached hydrogens (tertiary/aromatic N) is 3. The van der Waals surface area contributed by atoms with E-state index in [9.17, 15) is 9.59 Å². The Hall–Kier alpha value is -2.90. The zero-order valence-electron chi connectivity index (χ0n) is 12.2. The van der Waals surface area contributed by atoms with Gasteiger partial charge in [0.15, 0.2) is 5.69 Å². The van der Waals surface area contributed by atoms with Crippen LogP contribution in [0.3, 0.4) is 0 Å². The van der Waals surface area contributed by atoms with Gasteiger partial charge in [-0.05, 0) is 31.0 Å². The monoisotopic (exact) mass is 304 g/mol. The first kappa shape index (κ1) is 15.5. The molecule has 0 radical (unpaired) electrons. The van der Waals surface area contributed by atoms with Gasteiger partial charge >= 0.3 is 5.97 Å². The molecule has 2 rings (SSSR count). The number of aryl methyl sites for hydroxylation is 1. The SMILES string of the molecule is Cc1cccc(OCc2c(C(=O)O)nnn2CC(N)=O)c1C. The number of hydrogen-bond acceptors (Lipinski definition) is 5. The van der Waals surface area contributed by atoms with Crippen LogP contribution in [0.4, 0.5) is 0 Å². The maximum atomic E-state index is 11.2. The van der Waals surface area contributed by atoms with Crippen LogP contribution in [0.5, 0.6) is 5.75 Å². The molecule has 8 nitrogen and oxygen atoms in total. The number of benzene rings is 1. The zero-order valence-corrected chi connectivity index (χ0v) is 12.2. The second-order valence-corrected chi connectivity index (χ2v) is 4.80. The summed E-state index contributed by atoms with van der Waals surface area (Å²) in [7, 11) is 0. The number of carbonyl (C=O) groups excluding carboxylic acids is 1. The lowest BCUT2D eigenvalue weighted by atomic mass is 10.1. The molecule has 0 aliphatic heterocycles. The minimum absolute atomic E-state index is 0.0772. The molecule has 22 heavy (non-hydrogen) atoms. The van der Waals surface area contributed by atoms with E-state index >= 15 is 0 Å². The first-order chi connectivity index (χ1) is 10.4. The molecule has 0 saturated carbocycles. The van der Waals surface area contributed by atoms with Crippen LogP contribution in [-0.2, 0) is 17.9 Å². The summed E-state index contributed by atoms with van der Waals surface area (Å²) >= 11 is 0. The highest BCUT2D eigenvalue weighted by atomic mass is 16.5. The van der Waals surface area contributed by atoms with Crippen LogP contribution in [0.2, 0.25) is 0 Å². The maximum absolute atomic E-state index is 11.2. The van der Waals surface area contributed by atoms with Gasteiger partial charge in [-0.25, -0.2) is 9.48 Å². The molecule has 1 aromatic heterocycles. The predicted octanol–water partition coefficient (Wildman–Crippen LogP) is 0.657. The van der Waals surface area contributed by atoms with Crippen molar-refractivity contribution in [2.75, 3.05) is 0 Å². The van der Waals surface area contributed by atoms with Gasteiger partial charge < -0.3 is 15.6 Å². The van der Waals surface area contributed by atoms with Gasteiger partial charge in [0.25, 0.3) is 0 Å². The Labute approximate surface area is 126 Å². The summed E-state index contributed by atoms with van der Waals surface area (Å²) in [6.45, 7) is 3.52. The van der Waals surface area contributed by atoms with Gasteiger partial charge in [-0.1, -0.05) is 17.3 Å². The Morgan fingerprint density at radius 1 is 1.36 bits per heavy atom. The first-order valence-corrected chi connectivity index (χ1v) is 6.53. The molecule has 116 valence electrons. The Morgan fingerprint density at radius 2 is 2.09 bits per heavy atom. The van der Waals surface area contributed by atoms with E-state index in [1.807, 2.05) is 26.0 Å². The molecule has 0 saturated heterocycles. The van der Waals surface area contributed by atoms with Crippen LogP contribution < -0.4 is 10.5 Å². The largest absolute Gasteiger partial charge is 0.487 e. The van der Waals surface area contributed by atoms with E-state index in [1.165, 1.54) is 0 Å². The minimum Gasteiger partial charge on any atom is -0.487 e. The number of nitrogens with two attached hydrogens (primary N) is 1.